The molecule has 0 aliphatic carbocycles. The Bertz CT molecular complexity index is 657. The van der Waals surface area contributed by atoms with E-state index in [1.54, 1.807) is 0 Å². The SMILES string of the molecule is C[C@@H](NC(=O)C[NH+]1CCC[NH+](CC(=O)NC(C)(C)C)CC1)c1ccc(Cl)cc1. The van der Waals surface area contributed by atoms with Crippen LogP contribution in [0.5, 0.6) is 0 Å². The molecule has 1 fully saturated rings. The fraction of sp³-hybridized carbons (Fsp3) is 0.619. The highest BCUT2D eigenvalue weighted by Crippen LogP contribution is 2.15. The molecule has 2 amide bonds. The number of benzene rings is 1. The average Bonchev–Trinajstić information content (AvgIpc) is 2.78. The first-order chi connectivity index (χ1) is 13.1. The Hall–Kier alpha value is -1.63. The van der Waals surface area contributed by atoms with Crippen LogP contribution in [0.3, 0.4) is 0 Å². The zero-order chi connectivity index (χ0) is 20.7. The number of carbonyl (C=O) groups excluding carboxylic acids is 2. The summed E-state index contributed by atoms with van der Waals surface area (Å²) in [7, 11) is 0. The van der Waals surface area contributed by atoms with Crippen molar-refractivity contribution < 1.29 is 19.4 Å². The van der Waals surface area contributed by atoms with Crippen molar-refractivity contribution in [3.05, 3.63) is 34.9 Å². The van der Waals surface area contributed by atoms with Crippen LogP contribution in [0.1, 0.15) is 45.7 Å². The molecular formula is C21H35ClN4O2+2. The molecule has 1 aromatic carbocycles. The van der Waals surface area contributed by atoms with E-state index in [2.05, 4.69) is 10.6 Å². The Morgan fingerprint density at radius 3 is 2.07 bits per heavy atom. The first-order valence-corrected chi connectivity index (χ1v) is 10.5. The fourth-order valence-corrected chi connectivity index (χ4v) is 3.72. The Balaban J connectivity index is 1.76. The Labute approximate surface area is 173 Å². The number of quaternary nitrogens is 2. The van der Waals surface area contributed by atoms with Gasteiger partial charge in [0.2, 0.25) is 0 Å². The van der Waals surface area contributed by atoms with E-state index in [-0.39, 0.29) is 23.4 Å². The van der Waals surface area contributed by atoms with E-state index < -0.39 is 0 Å². The summed E-state index contributed by atoms with van der Waals surface area (Å²) < 4.78 is 0. The van der Waals surface area contributed by atoms with Crippen LogP contribution >= 0.6 is 11.6 Å². The third-order valence-electron chi connectivity index (χ3n) is 4.98. The van der Waals surface area contributed by atoms with Gasteiger partial charge in [0.05, 0.1) is 19.1 Å². The van der Waals surface area contributed by atoms with E-state index in [1.165, 1.54) is 9.80 Å². The lowest BCUT2D eigenvalue weighted by atomic mass is 10.1. The summed E-state index contributed by atoms with van der Waals surface area (Å²) in [6.45, 7) is 12.7. The lowest BCUT2D eigenvalue weighted by Gasteiger charge is -2.22. The van der Waals surface area contributed by atoms with Crippen molar-refractivity contribution in [3.63, 3.8) is 0 Å². The average molecular weight is 411 g/mol. The largest absolute Gasteiger partial charge is 0.347 e. The van der Waals surface area contributed by atoms with E-state index in [1.807, 2.05) is 52.0 Å². The van der Waals surface area contributed by atoms with Crippen LogP contribution in [0.15, 0.2) is 24.3 Å². The molecule has 0 radical (unpaired) electrons. The van der Waals surface area contributed by atoms with Gasteiger partial charge < -0.3 is 20.4 Å². The van der Waals surface area contributed by atoms with Gasteiger partial charge in [0.25, 0.3) is 11.8 Å². The van der Waals surface area contributed by atoms with Gasteiger partial charge in [0.15, 0.2) is 13.1 Å². The molecule has 0 saturated carbocycles. The third kappa shape index (κ3) is 8.17. The molecule has 2 unspecified atom stereocenters. The topological polar surface area (TPSA) is 67.1 Å². The number of carbonyl (C=O) groups is 2. The van der Waals surface area contributed by atoms with Gasteiger partial charge in [0.1, 0.15) is 13.1 Å². The molecule has 1 aliphatic rings. The van der Waals surface area contributed by atoms with E-state index in [4.69, 9.17) is 11.6 Å². The molecule has 0 aromatic heterocycles. The zero-order valence-corrected chi connectivity index (χ0v) is 18.3. The van der Waals surface area contributed by atoms with Crippen LogP contribution in [-0.4, -0.2) is 56.6 Å². The van der Waals surface area contributed by atoms with E-state index in [0.29, 0.717) is 18.1 Å². The minimum Gasteiger partial charge on any atom is -0.347 e. The van der Waals surface area contributed by atoms with Gasteiger partial charge in [-0.25, -0.2) is 0 Å². The van der Waals surface area contributed by atoms with Crippen LogP contribution in [0.25, 0.3) is 0 Å². The standard InChI is InChI=1S/C21H33ClN4O2/c1-16(17-6-8-18(22)9-7-17)23-19(27)14-25-10-5-11-26(13-12-25)15-20(28)24-21(2,3)4/h6-9,16H,5,10-15H2,1-4H3,(H,23,27)(H,24,28)/p+2/t16-/m1/s1. The lowest BCUT2D eigenvalue weighted by Crippen LogP contribution is -3.18. The number of halogens is 1. The van der Waals surface area contributed by atoms with E-state index in [0.717, 1.165) is 38.2 Å². The molecule has 1 saturated heterocycles. The Morgan fingerprint density at radius 1 is 1.00 bits per heavy atom. The summed E-state index contributed by atoms with van der Waals surface area (Å²) in [5, 5.41) is 6.80. The highest BCUT2D eigenvalue weighted by Gasteiger charge is 2.25. The van der Waals surface area contributed by atoms with E-state index >= 15 is 0 Å². The molecule has 156 valence electrons. The Morgan fingerprint density at radius 2 is 1.54 bits per heavy atom. The molecule has 2 rings (SSSR count). The van der Waals surface area contributed by atoms with Gasteiger partial charge >= 0.3 is 0 Å². The van der Waals surface area contributed by atoms with Gasteiger partial charge in [-0.05, 0) is 45.4 Å². The Kier molecular flexibility index (Phi) is 8.28. The fourth-order valence-electron chi connectivity index (χ4n) is 3.59. The zero-order valence-electron chi connectivity index (χ0n) is 17.5. The van der Waals surface area contributed by atoms with Gasteiger partial charge in [0, 0.05) is 17.0 Å². The first kappa shape index (κ1) is 22.7. The molecule has 3 atom stereocenters. The van der Waals surface area contributed by atoms with Crippen molar-refractivity contribution in [2.24, 2.45) is 0 Å². The molecule has 0 spiro atoms. The van der Waals surface area contributed by atoms with Gasteiger partial charge in [-0.15, -0.1) is 0 Å². The van der Waals surface area contributed by atoms with Gasteiger partial charge in [-0.2, -0.15) is 0 Å². The highest BCUT2D eigenvalue weighted by atomic mass is 35.5. The van der Waals surface area contributed by atoms with Crippen LogP contribution in [0, 0.1) is 0 Å². The second-order valence-corrected chi connectivity index (χ2v) is 9.28. The number of hydrogen-bond acceptors (Lipinski definition) is 2. The molecular weight excluding hydrogens is 376 g/mol. The molecule has 7 heteroatoms. The van der Waals surface area contributed by atoms with Crippen molar-refractivity contribution in [1.29, 1.82) is 0 Å². The summed E-state index contributed by atoms with van der Waals surface area (Å²) in [4.78, 5) is 27.2. The summed E-state index contributed by atoms with van der Waals surface area (Å²) in [6, 6.07) is 7.52. The second kappa shape index (κ2) is 10.2. The number of amides is 2. The van der Waals surface area contributed by atoms with Gasteiger partial charge in [-0.1, -0.05) is 23.7 Å². The maximum atomic E-state index is 12.5. The maximum absolute atomic E-state index is 12.5. The van der Waals surface area contributed by atoms with Crippen molar-refractivity contribution in [2.75, 3.05) is 39.3 Å². The first-order valence-electron chi connectivity index (χ1n) is 10.2. The summed E-state index contributed by atoms with van der Waals surface area (Å²) in [6.07, 6.45) is 1.02. The summed E-state index contributed by atoms with van der Waals surface area (Å²) in [5.41, 5.74) is 0.850. The van der Waals surface area contributed by atoms with Crippen molar-refractivity contribution in [3.8, 4) is 0 Å². The third-order valence-corrected chi connectivity index (χ3v) is 5.23. The van der Waals surface area contributed by atoms with E-state index in [9.17, 15) is 9.59 Å². The van der Waals surface area contributed by atoms with Crippen molar-refractivity contribution >= 4 is 23.4 Å². The second-order valence-electron chi connectivity index (χ2n) is 8.85. The van der Waals surface area contributed by atoms with Crippen molar-refractivity contribution in [2.45, 2.75) is 45.7 Å². The molecule has 1 aliphatic heterocycles. The quantitative estimate of drug-likeness (QED) is 0.516. The smallest absolute Gasteiger partial charge is 0.275 e. The predicted octanol–water partition coefficient (Wildman–Crippen LogP) is -0.395. The lowest BCUT2D eigenvalue weighted by molar-refractivity contribution is -0.930. The predicted molar refractivity (Wildman–Crippen MR) is 112 cm³/mol. The van der Waals surface area contributed by atoms with Crippen LogP contribution in [-0.2, 0) is 9.59 Å². The highest BCUT2D eigenvalue weighted by molar-refractivity contribution is 6.30. The van der Waals surface area contributed by atoms with Gasteiger partial charge in [-0.3, -0.25) is 9.59 Å². The van der Waals surface area contributed by atoms with Crippen LogP contribution in [0.4, 0.5) is 0 Å². The van der Waals surface area contributed by atoms with Crippen molar-refractivity contribution in [1.82, 2.24) is 10.6 Å². The molecule has 1 aromatic rings. The minimum atomic E-state index is -0.196. The summed E-state index contributed by atoms with van der Waals surface area (Å²) in [5.74, 6) is 0.159. The monoisotopic (exact) mass is 410 g/mol. The molecule has 6 nitrogen and oxygen atoms in total. The molecule has 28 heavy (non-hydrogen) atoms. The number of nitrogens with one attached hydrogen (secondary N) is 4. The number of hydrogen-bond donors (Lipinski definition) is 4. The molecule has 0 bridgehead atoms. The van der Waals surface area contributed by atoms with Crippen LogP contribution in [0.2, 0.25) is 5.02 Å². The molecule has 1 heterocycles. The minimum absolute atomic E-state index is 0.0423. The molecule has 4 N–H and O–H groups in total. The normalized spacial score (nSPS) is 21.5. The van der Waals surface area contributed by atoms with Crippen LogP contribution < -0.4 is 20.4 Å². The number of rotatable bonds is 6. The maximum Gasteiger partial charge on any atom is 0.275 e. The summed E-state index contributed by atoms with van der Waals surface area (Å²) >= 11 is 5.92.